The first-order chi connectivity index (χ1) is 15.3. The largest absolute Gasteiger partial charge is 0.481 e. The van der Waals surface area contributed by atoms with E-state index in [0.717, 1.165) is 25.7 Å². The number of hydrogen-bond acceptors (Lipinski definition) is 5. The van der Waals surface area contributed by atoms with Gasteiger partial charge in [-0.15, -0.1) is 0 Å². The number of amides is 2. The monoisotopic (exact) mass is 445 g/mol. The fraction of sp³-hybridized carbons (Fsp3) is 0.522. The van der Waals surface area contributed by atoms with Gasteiger partial charge in [-0.3, -0.25) is 24.5 Å². The lowest BCUT2D eigenvalue weighted by atomic mass is 9.96. The summed E-state index contributed by atoms with van der Waals surface area (Å²) >= 11 is 0. The zero-order valence-electron chi connectivity index (χ0n) is 18.4. The van der Waals surface area contributed by atoms with Crippen molar-refractivity contribution in [1.29, 1.82) is 0 Å². The lowest BCUT2D eigenvalue weighted by Crippen LogP contribution is -2.50. The zero-order chi connectivity index (χ0) is 23.5. The molecule has 1 aliphatic rings. The topological polar surface area (TPSA) is 130 Å². The Labute approximate surface area is 187 Å². The summed E-state index contributed by atoms with van der Waals surface area (Å²) in [6.07, 6.45) is 8.55. The van der Waals surface area contributed by atoms with Crippen LogP contribution in [0.5, 0.6) is 0 Å². The molecule has 0 radical (unpaired) electrons. The molecule has 0 saturated carbocycles. The molecule has 1 heterocycles. The molecule has 0 bridgehead atoms. The Morgan fingerprint density at radius 3 is 2.44 bits per heavy atom. The number of likely N-dealkylation sites (N-methyl/N-ethyl adjacent to an activating group) is 1. The van der Waals surface area contributed by atoms with Crippen LogP contribution in [0.4, 0.5) is 5.69 Å². The van der Waals surface area contributed by atoms with Crippen molar-refractivity contribution >= 4 is 23.5 Å². The molecular formula is C23H31N3O6. The Balaban J connectivity index is 2.24. The van der Waals surface area contributed by atoms with E-state index in [2.05, 4.69) is 17.5 Å². The van der Waals surface area contributed by atoms with Crippen LogP contribution in [-0.4, -0.2) is 52.3 Å². The maximum absolute atomic E-state index is 13.1. The maximum atomic E-state index is 13.1. The number of hydrogen-bond donors (Lipinski definition) is 2. The summed E-state index contributed by atoms with van der Waals surface area (Å²) in [7, 11) is 1.68. The molecule has 2 atom stereocenters. The number of nitro groups is 1. The molecule has 0 spiro atoms. The lowest BCUT2D eigenvalue weighted by Gasteiger charge is -2.26. The SMILES string of the molecule is CN1CCCC/C=C/CCC[C@H](CC(=O)O)C(=O)N[C@@H](Cc2ccc([N+](=O)[O-])cc2)C1=O. The molecule has 0 fully saturated rings. The van der Waals surface area contributed by atoms with E-state index in [-0.39, 0.29) is 24.4 Å². The van der Waals surface area contributed by atoms with Crippen LogP contribution in [0.1, 0.15) is 50.5 Å². The van der Waals surface area contributed by atoms with Crippen LogP contribution in [-0.2, 0) is 20.8 Å². The van der Waals surface area contributed by atoms with E-state index in [9.17, 15) is 29.6 Å². The standard InChI is InChI=1S/C23H31N3O6/c1-25-14-8-6-4-2-3-5-7-9-18(16-21(27)28)22(29)24-20(23(25)30)15-17-10-12-19(13-11-17)26(31)32/h2-3,10-13,18,20H,4-9,14-16H2,1H3,(H,24,29)(H,27,28)/b3-2+/t18-,20+/m1/s1. The van der Waals surface area contributed by atoms with Gasteiger partial charge in [-0.05, 0) is 44.1 Å². The number of nitrogens with one attached hydrogen (secondary N) is 1. The van der Waals surface area contributed by atoms with Crippen molar-refractivity contribution in [2.75, 3.05) is 13.6 Å². The molecule has 2 amide bonds. The number of aliphatic carboxylic acids is 1. The summed E-state index contributed by atoms with van der Waals surface area (Å²) < 4.78 is 0. The molecule has 32 heavy (non-hydrogen) atoms. The molecule has 9 nitrogen and oxygen atoms in total. The predicted octanol–water partition coefficient (Wildman–Crippen LogP) is 3.08. The Bertz CT molecular complexity index is 837. The molecular weight excluding hydrogens is 414 g/mol. The van der Waals surface area contributed by atoms with Crippen molar-refractivity contribution in [1.82, 2.24) is 10.2 Å². The summed E-state index contributed by atoms with van der Waals surface area (Å²) in [5.41, 5.74) is 0.609. The fourth-order valence-corrected chi connectivity index (χ4v) is 3.72. The number of non-ortho nitro benzene ring substituents is 1. The highest BCUT2D eigenvalue weighted by molar-refractivity contribution is 5.90. The van der Waals surface area contributed by atoms with Crippen LogP contribution in [0, 0.1) is 16.0 Å². The zero-order valence-corrected chi connectivity index (χ0v) is 18.4. The third-order valence-electron chi connectivity index (χ3n) is 5.57. The van der Waals surface area contributed by atoms with Crippen LogP contribution in [0.2, 0.25) is 0 Å². The number of carboxylic acid groups (broad SMARTS) is 1. The van der Waals surface area contributed by atoms with E-state index >= 15 is 0 Å². The summed E-state index contributed by atoms with van der Waals surface area (Å²) in [6, 6.07) is 4.96. The van der Waals surface area contributed by atoms with E-state index in [4.69, 9.17) is 0 Å². The van der Waals surface area contributed by atoms with Crippen molar-refractivity contribution in [3.05, 3.63) is 52.1 Å². The van der Waals surface area contributed by atoms with Crippen LogP contribution < -0.4 is 5.32 Å². The van der Waals surface area contributed by atoms with Crippen molar-refractivity contribution in [2.24, 2.45) is 5.92 Å². The van der Waals surface area contributed by atoms with Crippen molar-refractivity contribution in [3.8, 4) is 0 Å². The van der Waals surface area contributed by atoms with Gasteiger partial charge in [-0.2, -0.15) is 0 Å². The first-order valence-electron chi connectivity index (χ1n) is 10.9. The second kappa shape index (κ2) is 12.6. The molecule has 0 unspecified atom stereocenters. The number of nitro benzene ring substituents is 1. The average Bonchev–Trinajstić information content (AvgIpc) is 2.75. The Morgan fingerprint density at radius 1 is 1.16 bits per heavy atom. The van der Waals surface area contributed by atoms with E-state index in [1.807, 2.05) is 0 Å². The lowest BCUT2D eigenvalue weighted by molar-refractivity contribution is -0.384. The van der Waals surface area contributed by atoms with Gasteiger partial charge in [0.2, 0.25) is 11.8 Å². The van der Waals surface area contributed by atoms with Crippen LogP contribution in [0.25, 0.3) is 0 Å². The summed E-state index contributed by atoms with van der Waals surface area (Å²) in [5, 5.41) is 22.9. The minimum absolute atomic E-state index is 0.0570. The number of allylic oxidation sites excluding steroid dienone is 2. The van der Waals surface area contributed by atoms with Crippen LogP contribution in [0.15, 0.2) is 36.4 Å². The second-order valence-electron chi connectivity index (χ2n) is 8.14. The van der Waals surface area contributed by atoms with Crippen LogP contribution in [0.3, 0.4) is 0 Å². The smallest absolute Gasteiger partial charge is 0.304 e. The highest BCUT2D eigenvalue weighted by Gasteiger charge is 2.29. The first-order valence-corrected chi connectivity index (χ1v) is 10.9. The Morgan fingerprint density at radius 2 is 1.81 bits per heavy atom. The molecule has 0 aliphatic carbocycles. The quantitative estimate of drug-likeness (QED) is 0.407. The summed E-state index contributed by atoms with van der Waals surface area (Å²) in [4.78, 5) is 49.3. The number of carbonyl (C=O) groups excluding carboxylic acids is 2. The van der Waals surface area contributed by atoms with Gasteiger partial charge in [0.15, 0.2) is 0 Å². The van der Waals surface area contributed by atoms with Crippen molar-refractivity contribution < 1.29 is 24.4 Å². The van der Waals surface area contributed by atoms with Crippen LogP contribution >= 0.6 is 0 Å². The van der Waals surface area contributed by atoms with Gasteiger partial charge in [0.25, 0.3) is 5.69 Å². The number of rotatable bonds is 5. The van der Waals surface area contributed by atoms with Gasteiger partial charge in [-0.1, -0.05) is 24.3 Å². The van der Waals surface area contributed by atoms with Crippen molar-refractivity contribution in [2.45, 2.75) is 57.4 Å². The normalized spacial score (nSPS) is 22.3. The number of nitrogens with zero attached hydrogens (tertiary/aromatic N) is 2. The third-order valence-corrected chi connectivity index (χ3v) is 5.57. The van der Waals surface area contributed by atoms with E-state index < -0.39 is 28.8 Å². The summed E-state index contributed by atoms with van der Waals surface area (Å²) in [6.45, 7) is 0.540. The maximum Gasteiger partial charge on any atom is 0.304 e. The molecule has 9 heteroatoms. The van der Waals surface area contributed by atoms with Gasteiger partial charge in [-0.25, -0.2) is 0 Å². The van der Waals surface area contributed by atoms with Gasteiger partial charge < -0.3 is 15.3 Å². The highest BCUT2D eigenvalue weighted by atomic mass is 16.6. The fourth-order valence-electron chi connectivity index (χ4n) is 3.72. The first kappa shape index (κ1) is 25.0. The predicted molar refractivity (Wildman–Crippen MR) is 119 cm³/mol. The number of carboxylic acids is 1. The summed E-state index contributed by atoms with van der Waals surface area (Å²) in [5.74, 6) is -2.52. The molecule has 2 N–H and O–H groups in total. The Hall–Kier alpha value is -3.23. The highest BCUT2D eigenvalue weighted by Crippen LogP contribution is 2.17. The Kier molecular flexibility index (Phi) is 9.84. The minimum Gasteiger partial charge on any atom is -0.481 e. The molecule has 2 rings (SSSR count). The molecule has 1 aromatic carbocycles. The average molecular weight is 446 g/mol. The number of carbonyl (C=O) groups is 3. The molecule has 0 aromatic heterocycles. The van der Waals surface area contributed by atoms with Gasteiger partial charge in [0.1, 0.15) is 6.04 Å². The molecule has 174 valence electrons. The minimum atomic E-state index is -1.06. The van der Waals surface area contributed by atoms with Gasteiger partial charge in [0, 0.05) is 38.1 Å². The van der Waals surface area contributed by atoms with E-state index in [1.54, 1.807) is 24.1 Å². The second-order valence-corrected chi connectivity index (χ2v) is 8.14. The van der Waals surface area contributed by atoms with E-state index in [1.165, 1.54) is 12.1 Å². The van der Waals surface area contributed by atoms with Gasteiger partial charge in [0.05, 0.1) is 11.3 Å². The molecule has 1 aromatic rings. The number of benzene rings is 1. The van der Waals surface area contributed by atoms with Crippen molar-refractivity contribution in [3.63, 3.8) is 0 Å². The molecule has 1 aliphatic heterocycles. The van der Waals surface area contributed by atoms with E-state index in [0.29, 0.717) is 24.9 Å². The molecule has 0 saturated heterocycles. The third kappa shape index (κ3) is 8.13. The van der Waals surface area contributed by atoms with Gasteiger partial charge >= 0.3 is 5.97 Å².